The minimum atomic E-state index is -1.39. The second-order valence-corrected chi connectivity index (χ2v) is 8.76. The maximum atomic E-state index is 14.2. The number of carbonyl (C=O) groups is 1. The van der Waals surface area contributed by atoms with E-state index in [2.05, 4.69) is 5.32 Å². The van der Waals surface area contributed by atoms with Crippen molar-refractivity contribution in [1.29, 1.82) is 0 Å². The van der Waals surface area contributed by atoms with Crippen molar-refractivity contribution in [3.63, 3.8) is 0 Å². The van der Waals surface area contributed by atoms with Crippen LogP contribution in [0.3, 0.4) is 0 Å². The Kier molecular flexibility index (Phi) is 6.54. The average Bonchev–Trinajstić information content (AvgIpc) is 3.34. The van der Waals surface area contributed by atoms with Crippen LogP contribution in [0.2, 0.25) is 0 Å². The molecule has 1 aromatic carbocycles. The van der Waals surface area contributed by atoms with E-state index in [-0.39, 0.29) is 11.7 Å². The predicted octanol–water partition coefficient (Wildman–Crippen LogP) is 4.40. The largest absolute Gasteiger partial charge is 0.498 e. The molecule has 1 aromatic heterocycles. The number of rotatable bonds is 6. The molecular formula is C28H29FN2O4. The summed E-state index contributed by atoms with van der Waals surface area (Å²) in [5, 5.41) is 13.7. The second kappa shape index (κ2) is 9.43. The number of halogens is 1. The molecule has 0 saturated heterocycles. The Morgan fingerprint density at radius 2 is 1.86 bits per heavy atom. The molecule has 0 spiro atoms. The zero-order valence-electron chi connectivity index (χ0n) is 20.5. The van der Waals surface area contributed by atoms with Gasteiger partial charge >= 0.3 is 0 Å². The number of aliphatic hydroxyl groups is 1. The van der Waals surface area contributed by atoms with Crippen LogP contribution < -0.4 is 5.32 Å². The van der Waals surface area contributed by atoms with Crippen LogP contribution >= 0.6 is 0 Å². The lowest BCUT2D eigenvalue weighted by Crippen LogP contribution is -2.33. The fourth-order valence-corrected chi connectivity index (χ4v) is 4.45. The first-order valence-corrected chi connectivity index (χ1v) is 11.2. The van der Waals surface area contributed by atoms with Gasteiger partial charge in [-0.3, -0.25) is 4.79 Å². The molecule has 0 saturated carbocycles. The Hall–Kier alpha value is -3.84. The van der Waals surface area contributed by atoms with Crippen molar-refractivity contribution < 1.29 is 23.8 Å². The molecule has 2 aliphatic carbocycles. The van der Waals surface area contributed by atoms with Gasteiger partial charge in [-0.25, -0.2) is 4.39 Å². The molecule has 0 bridgehead atoms. The van der Waals surface area contributed by atoms with Crippen LogP contribution in [0.5, 0.6) is 0 Å². The molecule has 7 heteroatoms. The molecule has 1 amide bonds. The van der Waals surface area contributed by atoms with Gasteiger partial charge in [0.25, 0.3) is 0 Å². The fourth-order valence-electron chi connectivity index (χ4n) is 4.45. The molecule has 1 heterocycles. The van der Waals surface area contributed by atoms with Gasteiger partial charge in [0, 0.05) is 25.0 Å². The maximum Gasteiger partial charge on any atom is 0.244 e. The number of nitrogens with zero attached hydrogens (tertiary/aromatic N) is 1. The average molecular weight is 477 g/mol. The lowest BCUT2D eigenvalue weighted by atomic mass is 9.91. The molecule has 0 atom stereocenters. The first kappa shape index (κ1) is 24.3. The number of amides is 1. The topological polar surface area (TPSA) is 72.7 Å². The number of carbonyl (C=O) groups excluding carboxylic acids is 1. The predicted molar refractivity (Wildman–Crippen MR) is 133 cm³/mol. The van der Waals surface area contributed by atoms with E-state index in [0.717, 1.165) is 28.0 Å². The Morgan fingerprint density at radius 3 is 2.46 bits per heavy atom. The lowest BCUT2D eigenvalue weighted by Gasteiger charge is -2.30. The molecule has 0 aliphatic heterocycles. The number of nitrogens with one attached hydrogen (secondary N) is 1. The quantitative estimate of drug-likeness (QED) is 0.606. The SMILES string of the molecule is COC1=CC(=CC2=C(C)/C(=C\C(=O)NCc3cccn3C)c3cc(F)ccc32)C=C(OC)C1(C)O. The monoisotopic (exact) mass is 476 g/mol. The fraction of sp³-hybridized carbons (Fsp3) is 0.250. The van der Waals surface area contributed by atoms with Crippen molar-refractivity contribution in [1.82, 2.24) is 9.88 Å². The molecule has 0 fully saturated rings. The third-order valence-corrected chi connectivity index (χ3v) is 6.45. The summed E-state index contributed by atoms with van der Waals surface area (Å²) in [7, 11) is 4.90. The number of aromatic nitrogens is 1. The molecule has 4 rings (SSSR count). The number of benzene rings is 1. The zero-order valence-corrected chi connectivity index (χ0v) is 20.5. The Bertz CT molecular complexity index is 1310. The number of hydrogen-bond donors (Lipinski definition) is 2. The summed E-state index contributed by atoms with van der Waals surface area (Å²) in [4.78, 5) is 12.8. The third-order valence-electron chi connectivity index (χ3n) is 6.45. The van der Waals surface area contributed by atoms with E-state index in [1.807, 2.05) is 42.9 Å². The van der Waals surface area contributed by atoms with Crippen LogP contribution in [0.15, 0.2) is 83.5 Å². The van der Waals surface area contributed by atoms with E-state index in [9.17, 15) is 14.3 Å². The number of aryl methyl sites for hydroxylation is 1. The van der Waals surface area contributed by atoms with Gasteiger partial charge < -0.3 is 24.5 Å². The van der Waals surface area contributed by atoms with Crippen molar-refractivity contribution >= 4 is 17.1 Å². The van der Waals surface area contributed by atoms with Crippen LogP contribution in [0.4, 0.5) is 4.39 Å². The minimum Gasteiger partial charge on any atom is -0.498 e. The summed E-state index contributed by atoms with van der Waals surface area (Å²) in [6.45, 7) is 3.89. The summed E-state index contributed by atoms with van der Waals surface area (Å²) in [5.41, 5.74) is 4.13. The first-order chi connectivity index (χ1) is 16.6. The van der Waals surface area contributed by atoms with Gasteiger partial charge in [-0.15, -0.1) is 0 Å². The van der Waals surface area contributed by atoms with Crippen molar-refractivity contribution in [3.8, 4) is 0 Å². The molecule has 2 aliphatic rings. The second-order valence-electron chi connectivity index (χ2n) is 8.76. The molecule has 2 aromatic rings. The molecule has 35 heavy (non-hydrogen) atoms. The summed E-state index contributed by atoms with van der Waals surface area (Å²) < 4.78 is 26.9. The van der Waals surface area contributed by atoms with Crippen molar-refractivity contribution in [2.45, 2.75) is 26.0 Å². The molecule has 182 valence electrons. The Labute approximate surface area is 204 Å². The Balaban J connectivity index is 1.73. The highest BCUT2D eigenvalue weighted by Crippen LogP contribution is 2.43. The van der Waals surface area contributed by atoms with E-state index in [1.54, 1.807) is 25.1 Å². The van der Waals surface area contributed by atoms with E-state index < -0.39 is 5.60 Å². The van der Waals surface area contributed by atoms with E-state index in [0.29, 0.717) is 29.2 Å². The van der Waals surface area contributed by atoms with Gasteiger partial charge in [0.2, 0.25) is 5.91 Å². The number of allylic oxidation sites excluding steroid dienone is 7. The summed E-state index contributed by atoms with van der Waals surface area (Å²) in [6.07, 6.45) is 8.82. The normalized spacial score (nSPS) is 20.4. The maximum absolute atomic E-state index is 14.2. The standard InChI is InChI=1S/C28H29FN2O4/c1-17-22(11-18-12-25(34-4)28(2,33)26(13-18)35-5)21-9-8-19(29)14-24(21)23(17)15-27(32)30-16-20-7-6-10-31(20)3/h6-15,33H,16H2,1-5H3,(H,30,32)/b18-11?,23-15+. The van der Waals surface area contributed by atoms with Crippen LogP contribution in [0.1, 0.15) is 30.7 Å². The Morgan fingerprint density at radius 1 is 1.17 bits per heavy atom. The third kappa shape index (κ3) is 4.59. The highest BCUT2D eigenvalue weighted by atomic mass is 19.1. The van der Waals surface area contributed by atoms with Crippen LogP contribution in [-0.2, 0) is 27.9 Å². The van der Waals surface area contributed by atoms with Gasteiger partial charge in [0.15, 0.2) is 5.60 Å². The van der Waals surface area contributed by atoms with Gasteiger partial charge in [-0.1, -0.05) is 6.07 Å². The highest BCUT2D eigenvalue weighted by Gasteiger charge is 2.36. The van der Waals surface area contributed by atoms with Gasteiger partial charge in [-0.2, -0.15) is 0 Å². The molecule has 0 unspecified atom stereocenters. The van der Waals surface area contributed by atoms with Crippen LogP contribution in [-0.4, -0.2) is 35.4 Å². The van der Waals surface area contributed by atoms with E-state index in [1.165, 1.54) is 32.4 Å². The van der Waals surface area contributed by atoms with E-state index in [4.69, 9.17) is 9.47 Å². The first-order valence-electron chi connectivity index (χ1n) is 11.2. The number of methoxy groups -OCH3 is 2. The molecular weight excluding hydrogens is 447 g/mol. The van der Waals surface area contributed by atoms with Gasteiger partial charge in [0.1, 0.15) is 17.3 Å². The summed E-state index contributed by atoms with van der Waals surface area (Å²) in [5.74, 6) is 0.0444. The number of ether oxygens (including phenoxy) is 2. The van der Waals surface area contributed by atoms with Crippen LogP contribution in [0.25, 0.3) is 11.1 Å². The highest BCUT2D eigenvalue weighted by molar-refractivity contribution is 6.08. The lowest BCUT2D eigenvalue weighted by molar-refractivity contribution is -0.116. The van der Waals surface area contributed by atoms with Crippen LogP contribution in [0, 0.1) is 5.82 Å². The summed E-state index contributed by atoms with van der Waals surface area (Å²) in [6, 6.07) is 8.42. The summed E-state index contributed by atoms with van der Waals surface area (Å²) >= 11 is 0. The van der Waals surface area contributed by atoms with Crippen molar-refractivity contribution in [2.24, 2.45) is 7.05 Å². The molecule has 0 radical (unpaired) electrons. The zero-order chi connectivity index (χ0) is 25.3. The molecule has 2 N–H and O–H groups in total. The van der Waals surface area contributed by atoms with Crippen molar-refractivity contribution in [3.05, 3.63) is 106 Å². The van der Waals surface area contributed by atoms with E-state index >= 15 is 0 Å². The van der Waals surface area contributed by atoms with Gasteiger partial charge in [-0.05, 0) is 89.8 Å². The smallest absolute Gasteiger partial charge is 0.244 e. The van der Waals surface area contributed by atoms with Gasteiger partial charge in [0.05, 0.1) is 20.8 Å². The number of hydrogen-bond acceptors (Lipinski definition) is 4. The van der Waals surface area contributed by atoms with Crippen molar-refractivity contribution in [2.75, 3.05) is 14.2 Å². The number of fused-ring (bicyclic) bond motifs is 1. The molecule has 6 nitrogen and oxygen atoms in total. The minimum absolute atomic E-state index is 0.262.